The SMILES string of the molecule is CC(C)C(CN)C(=O)N(CC(=O)O)CC(=O)O. The predicted octanol–water partition coefficient (Wildman–Crippen LogP) is -0.785. The van der Waals surface area contributed by atoms with E-state index in [2.05, 4.69) is 0 Å². The monoisotopic (exact) mass is 246 g/mol. The Morgan fingerprint density at radius 3 is 1.76 bits per heavy atom. The fraction of sp³-hybridized carbons (Fsp3) is 0.700. The Kier molecular flexibility index (Phi) is 6.19. The van der Waals surface area contributed by atoms with Gasteiger partial charge in [-0.05, 0) is 5.92 Å². The Morgan fingerprint density at radius 2 is 1.53 bits per heavy atom. The van der Waals surface area contributed by atoms with Gasteiger partial charge in [-0.15, -0.1) is 0 Å². The molecule has 0 saturated carbocycles. The smallest absolute Gasteiger partial charge is 0.323 e. The lowest BCUT2D eigenvalue weighted by Gasteiger charge is -2.26. The summed E-state index contributed by atoms with van der Waals surface area (Å²) < 4.78 is 0. The summed E-state index contributed by atoms with van der Waals surface area (Å²) in [6, 6.07) is 0. The van der Waals surface area contributed by atoms with Crippen LogP contribution in [0.3, 0.4) is 0 Å². The lowest BCUT2D eigenvalue weighted by atomic mass is 9.94. The highest BCUT2D eigenvalue weighted by molar-refractivity contribution is 5.86. The highest BCUT2D eigenvalue weighted by atomic mass is 16.4. The van der Waals surface area contributed by atoms with E-state index >= 15 is 0 Å². The second-order valence-corrected chi connectivity index (χ2v) is 4.07. The van der Waals surface area contributed by atoms with Crippen LogP contribution in [0.5, 0.6) is 0 Å². The molecule has 1 atom stereocenters. The van der Waals surface area contributed by atoms with Crippen LogP contribution >= 0.6 is 0 Å². The maximum absolute atomic E-state index is 11.9. The van der Waals surface area contributed by atoms with E-state index in [1.54, 1.807) is 13.8 Å². The number of carbonyl (C=O) groups is 3. The quantitative estimate of drug-likeness (QED) is 0.541. The van der Waals surface area contributed by atoms with Crippen LogP contribution in [0.4, 0.5) is 0 Å². The van der Waals surface area contributed by atoms with Crippen molar-refractivity contribution < 1.29 is 24.6 Å². The highest BCUT2D eigenvalue weighted by Gasteiger charge is 2.28. The van der Waals surface area contributed by atoms with Crippen molar-refractivity contribution in [3.8, 4) is 0 Å². The fourth-order valence-electron chi connectivity index (χ4n) is 1.43. The molecule has 0 aliphatic heterocycles. The van der Waals surface area contributed by atoms with Crippen molar-refractivity contribution in [3.05, 3.63) is 0 Å². The number of hydrogen-bond donors (Lipinski definition) is 3. The molecule has 7 nitrogen and oxygen atoms in total. The zero-order chi connectivity index (χ0) is 13.6. The molecule has 17 heavy (non-hydrogen) atoms. The molecule has 0 saturated heterocycles. The first-order valence-corrected chi connectivity index (χ1v) is 5.22. The minimum atomic E-state index is -1.25. The number of carbonyl (C=O) groups excluding carboxylic acids is 1. The number of nitrogens with zero attached hydrogens (tertiary/aromatic N) is 1. The van der Waals surface area contributed by atoms with Gasteiger partial charge in [0.2, 0.25) is 5.91 Å². The standard InChI is InChI=1S/C10H18N2O5/c1-6(2)7(3-11)10(17)12(4-8(13)14)5-9(15)16/h6-7H,3-5,11H2,1-2H3,(H,13,14)(H,15,16). The summed E-state index contributed by atoms with van der Waals surface area (Å²) in [7, 11) is 0. The molecule has 0 aliphatic rings. The summed E-state index contributed by atoms with van der Waals surface area (Å²) in [5, 5.41) is 17.2. The van der Waals surface area contributed by atoms with Crippen molar-refractivity contribution in [3.63, 3.8) is 0 Å². The lowest BCUT2D eigenvalue weighted by molar-refractivity contribution is -0.151. The lowest BCUT2D eigenvalue weighted by Crippen LogP contribution is -2.45. The number of amides is 1. The molecule has 7 heteroatoms. The number of nitrogens with two attached hydrogens (primary N) is 1. The molecular formula is C10H18N2O5. The highest BCUT2D eigenvalue weighted by Crippen LogP contribution is 2.12. The molecule has 1 amide bonds. The van der Waals surface area contributed by atoms with Gasteiger partial charge in [0.1, 0.15) is 13.1 Å². The Balaban J connectivity index is 4.82. The van der Waals surface area contributed by atoms with E-state index in [4.69, 9.17) is 15.9 Å². The summed E-state index contributed by atoms with van der Waals surface area (Å²) in [4.78, 5) is 33.8. The Hall–Kier alpha value is -1.63. The normalized spacial score (nSPS) is 12.2. The van der Waals surface area contributed by atoms with E-state index in [9.17, 15) is 14.4 Å². The Bertz CT molecular complexity index is 287. The van der Waals surface area contributed by atoms with E-state index in [-0.39, 0.29) is 12.5 Å². The van der Waals surface area contributed by atoms with E-state index in [1.807, 2.05) is 0 Å². The van der Waals surface area contributed by atoms with Crippen molar-refractivity contribution in [1.82, 2.24) is 4.90 Å². The third-order valence-electron chi connectivity index (χ3n) is 2.34. The number of hydrogen-bond acceptors (Lipinski definition) is 4. The largest absolute Gasteiger partial charge is 0.480 e. The minimum absolute atomic E-state index is 0.0617. The molecule has 0 aromatic heterocycles. The molecule has 0 aromatic carbocycles. The second-order valence-electron chi connectivity index (χ2n) is 4.07. The molecule has 0 fully saturated rings. The molecule has 0 aliphatic carbocycles. The van der Waals surface area contributed by atoms with Gasteiger partial charge in [-0.1, -0.05) is 13.8 Å². The summed E-state index contributed by atoms with van der Waals surface area (Å²) >= 11 is 0. The van der Waals surface area contributed by atoms with Crippen LogP contribution in [-0.4, -0.2) is 52.6 Å². The molecule has 0 radical (unpaired) electrons. The molecule has 0 spiro atoms. The average Bonchev–Trinajstić information content (AvgIpc) is 2.15. The predicted molar refractivity (Wildman–Crippen MR) is 59.2 cm³/mol. The number of carboxylic acids is 2. The first-order valence-electron chi connectivity index (χ1n) is 5.22. The van der Waals surface area contributed by atoms with Gasteiger partial charge in [0.15, 0.2) is 0 Å². The van der Waals surface area contributed by atoms with Gasteiger partial charge < -0.3 is 20.8 Å². The van der Waals surface area contributed by atoms with Gasteiger partial charge >= 0.3 is 11.9 Å². The van der Waals surface area contributed by atoms with Gasteiger partial charge in [-0.25, -0.2) is 0 Å². The fourth-order valence-corrected chi connectivity index (χ4v) is 1.43. The first kappa shape index (κ1) is 15.4. The molecule has 0 rings (SSSR count). The molecular weight excluding hydrogens is 228 g/mol. The van der Waals surface area contributed by atoms with Gasteiger partial charge in [-0.2, -0.15) is 0 Å². The van der Waals surface area contributed by atoms with Crippen molar-refractivity contribution in [2.45, 2.75) is 13.8 Å². The molecule has 0 aromatic rings. The maximum Gasteiger partial charge on any atom is 0.323 e. The zero-order valence-corrected chi connectivity index (χ0v) is 9.92. The van der Waals surface area contributed by atoms with Crippen LogP contribution in [-0.2, 0) is 14.4 Å². The Labute approximate surface area is 99.2 Å². The van der Waals surface area contributed by atoms with E-state index in [1.165, 1.54) is 0 Å². The van der Waals surface area contributed by atoms with Crippen LogP contribution in [0.15, 0.2) is 0 Å². The zero-order valence-electron chi connectivity index (χ0n) is 9.92. The second kappa shape index (κ2) is 6.85. The van der Waals surface area contributed by atoms with Gasteiger partial charge in [-0.3, -0.25) is 14.4 Å². The summed E-state index contributed by atoms with van der Waals surface area (Å²) in [6.07, 6.45) is 0. The number of aliphatic carboxylic acids is 2. The topological polar surface area (TPSA) is 121 Å². The van der Waals surface area contributed by atoms with Crippen LogP contribution in [0.2, 0.25) is 0 Å². The van der Waals surface area contributed by atoms with Gasteiger partial charge in [0.25, 0.3) is 0 Å². The molecule has 0 bridgehead atoms. The van der Waals surface area contributed by atoms with E-state index in [0.717, 1.165) is 4.90 Å². The summed E-state index contributed by atoms with van der Waals surface area (Å²) in [6.45, 7) is 2.35. The third-order valence-corrected chi connectivity index (χ3v) is 2.34. The van der Waals surface area contributed by atoms with Crippen LogP contribution < -0.4 is 5.73 Å². The van der Waals surface area contributed by atoms with E-state index < -0.39 is 36.9 Å². The number of carboxylic acid groups (broad SMARTS) is 2. The van der Waals surface area contributed by atoms with Crippen molar-refractivity contribution >= 4 is 17.8 Å². The van der Waals surface area contributed by atoms with Crippen LogP contribution in [0.25, 0.3) is 0 Å². The van der Waals surface area contributed by atoms with Gasteiger partial charge in [0, 0.05) is 6.54 Å². The third kappa shape index (κ3) is 5.30. The number of rotatable bonds is 7. The molecule has 98 valence electrons. The Morgan fingerprint density at radius 1 is 1.12 bits per heavy atom. The molecule has 1 unspecified atom stereocenters. The van der Waals surface area contributed by atoms with Crippen LogP contribution in [0, 0.1) is 11.8 Å². The first-order chi connectivity index (χ1) is 7.79. The van der Waals surface area contributed by atoms with Gasteiger partial charge in [0.05, 0.1) is 5.92 Å². The minimum Gasteiger partial charge on any atom is -0.480 e. The average molecular weight is 246 g/mol. The maximum atomic E-state index is 11.9. The summed E-state index contributed by atoms with van der Waals surface area (Å²) in [5.74, 6) is -3.67. The van der Waals surface area contributed by atoms with Crippen LogP contribution in [0.1, 0.15) is 13.8 Å². The van der Waals surface area contributed by atoms with Crippen molar-refractivity contribution in [2.75, 3.05) is 19.6 Å². The molecule has 0 heterocycles. The van der Waals surface area contributed by atoms with Crippen molar-refractivity contribution in [2.24, 2.45) is 17.6 Å². The van der Waals surface area contributed by atoms with Crippen molar-refractivity contribution in [1.29, 1.82) is 0 Å². The molecule has 4 N–H and O–H groups in total. The van der Waals surface area contributed by atoms with E-state index in [0.29, 0.717) is 0 Å². The summed E-state index contributed by atoms with van der Waals surface area (Å²) in [5.41, 5.74) is 5.43.